The second-order valence-corrected chi connectivity index (χ2v) is 5.52. The Morgan fingerprint density at radius 2 is 2.18 bits per heavy atom. The molecule has 0 amide bonds. The van der Waals surface area contributed by atoms with Crippen molar-refractivity contribution in [2.45, 2.75) is 32.7 Å². The summed E-state index contributed by atoms with van der Waals surface area (Å²) in [5.74, 6) is 2.62. The van der Waals surface area contributed by atoms with Gasteiger partial charge in [0.15, 0.2) is 5.96 Å². The van der Waals surface area contributed by atoms with E-state index in [1.54, 1.807) is 6.26 Å². The molecule has 0 radical (unpaired) electrons. The van der Waals surface area contributed by atoms with Crippen molar-refractivity contribution in [3.05, 3.63) is 24.2 Å². The van der Waals surface area contributed by atoms with Gasteiger partial charge in [-0.15, -0.1) is 24.0 Å². The molecule has 0 aliphatic carbocycles. The molecule has 126 valence electrons. The molecule has 0 bridgehead atoms. The lowest BCUT2D eigenvalue weighted by Gasteiger charge is -2.26. The monoisotopic (exact) mass is 421 g/mol. The number of rotatable bonds is 6. The van der Waals surface area contributed by atoms with Gasteiger partial charge < -0.3 is 19.4 Å². The number of furan rings is 1. The fourth-order valence-corrected chi connectivity index (χ4v) is 2.54. The predicted octanol–water partition coefficient (Wildman–Crippen LogP) is 3.11. The molecule has 1 fully saturated rings. The summed E-state index contributed by atoms with van der Waals surface area (Å²) in [5, 5.41) is 3.34. The summed E-state index contributed by atoms with van der Waals surface area (Å²) in [7, 11) is 2.10. The molecule has 1 aromatic heterocycles. The summed E-state index contributed by atoms with van der Waals surface area (Å²) in [6, 6.07) is 3.85. The normalized spacial score (nSPS) is 16.2. The average Bonchev–Trinajstić information content (AvgIpc) is 3.03. The standard InChI is InChI=1S/C16H27N3O2.HI/c1-3-17-16(18-13-15-5-4-10-21-15)19(2)9-6-14-7-11-20-12-8-14;/h4-5,10,14H,3,6-9,11-13H2,1-2H3,(H,17,18);1H. The van der Waals surface area contributed by atoms with E-state index >= 15 is 0 Å². The maximum Gasteiger partial charge on any atom is 0.194 e. The van der Waals surface area contributed by atoms with Crippen molar-refractivity contribution in [2.75, 3.05) is 33.4 Å². The lowest BCUT2D eigenvalue weighted by atomic mass is 9.96. The molecule has 1 aliphatic heterocycles. The second-order valence-electron chi connectivity index (χ2n) is 5.52. The molecule has 5 nitrogen and oxygen atoms in total. The van der Waals surface area contributed by atoms with E-state index in [1.165, 1.54) is 19.3 Å². The fourth-order valence-electron chi connectivity index (χ4n) is 2.54. The molecular formula is C16H28IN3O2. The molecule has 1 N–H and O–H groups in total. The first-order valence-electron chi connectivity index (χ1n) is 7.89. The highest BCUT2D eigenvalue weighted by Gasteiger charge is 2.15. The zero-order valence-electron chi connectivity index (χ0n) is 13.6. The van der Waals surface area contributed by atoms with Gasteiger partial charge in [-0.05, 0) is 44.2 Å². The van der Waals surface area contributed by atoms with Crippen LogP contribution in [-0.2, 0) is 11.3 Å². The fraction of sp³-hybridized carbons (Fsp3) is 0.688. The van der Waals surface area contributed by atoms with Crippen LogP contribution in [0.15, 0.2) is 27.8 Å². The molecular weight excluding hydrogens is 393 g/mol. The van der Waals surface area contributed by atoms with Crippen LogP contribution < -0.4 is 5.32 Å². The second kappa shape index (κ2) is 10.9. The van der Waals surface area contributed by atoms with Crippen molar-refractivity contribution < 1.29 is 9.15 Å². The third-order valence-corrected chi connectivity index (χ3v) is 3.87. The first-order valence-corrected chi connectivity index (χ1v) is 7.89. The molecule has 6 heteroatoms. The number of guanidine groups is 1. The molecule has 1 saturated heterocycles. The Hall–Kier alpha value is -0.760. The Morgan fingerprint density at radius 1 is 1.41 bits per heavy atom. The van der Waals surface area contributed by atoms with Crippen LogP contribution in [0.5, 0.6) is 0 Å². The van der Waals surface area contributed by atoms with E-state index in [0.717, 1.165) is 43.9 Å². The molecule has 0 spiro atoms. The minimum absolute atomic E-state index is 0. The quantitative estimate of drug-likeness (QED) is 0.436. The highest BCUT2D eigenvalue weighted by Crippen LogP contribution is 2.18. The van der Waals surface area contributed by atoms with E-state index in [2.05, 4.69) is 29.2 Å². The number of nitrogens with one attached hydrogen (secondary N) is 1. The molecule has 1 aromatic rings. The van der Waals surface area contributed by atoms with Crippen LogP contribution in [0.1, 0.15) is 31.9 Å². The lowest BCUT2D eigenvalue weighted by molar-refractivity contribution is 0.0625. The number of nitrogens with zero attached hydrogens (tertiary/aromatic N) is 2. The number of halogens is 1. The summed E-state index contributed by atoms with van der Waals surface area (Å²) >= 11 is 0. The van der Waals surface area contributed by atoms with Crippen molar-refractivity contribution in [3.63, 3.8) is 0 Å². The highest BCUT2D eigenvalue weighted by molar-refractivity contribution is 14.0. The van der Waals surface area contributed by atoms with Crippen molar-refractivity contribution >= 4 is 29.9 Å². The Bertz CT molecular complexity index is 417. The van der Waals surface area contributed by atoms with E-state index in [0.29, 0.717) is 6.54 Å². The first-order chi connectivity index (χ1) is 10.3. The summed E-state index contributed by atoms with van der Waals surface area (Å²) in [6.07, 6.45) is 5.26. The van der Waals surface area contributed by atoms with E-state index in [1.807, 2.05) is 12.1 Å². The molecule has 0 atom stereocenters. The molecule has 0 saturated carbocycles. The smallest absolute Gasteiger partial charge is 0.194 e. The zero-order valence-corrected chi connectivity index (χ0v) is 15.9. The summed E-state index contributed by atoms with van der Waals surface area (Å²) < 4.78 is 10.7. The van der Waals surface area contributed by atoms with Crippen LogP contribution in [0, 0.1) is 5.92 Å². The van der Waals surface area contributed by atoms with Gasteiger partial charge in [0.2, 0.25) is 0 Å². The van der Waals surface area contributed by atoms with Gasteiger partial charge in [-0.2, -0.15) is 0 Å². The highest BCUT2D eigenvalue weighted by atomic mass is 127. The maximum absolute atomic E-state index is 5.41. The zero-order chi connectivity index (χ0) is 14.9. The minimum Gasteiger partial charge on any atom is -0.467 e. The molecule has 2 rings (SSSR count). The number of aliphatic imine (C=N–C) groups is 1. The van der Waals surface area contributed by atoms with E-state index in [-0.39, 0.29) is 24.0 Å². The van der Waals surface area contributed by atoms with Gasteiger partial charge in [0.25, 0.3) is 0 Å². The van der Waals surface area contributed by atoms with Gasteiger partial charge >= 0.3 is 0 Å². The molecule has 0 unspecified atom stereocenters. The molecule has 2 heterocycles. The van der Waals surface area contributed by atoms with Gasteiger partial charge in [-0.1, -0.05) is 0 Å². The van der Waals surface area contributed by atoms with Gasteiger partial charge in [-0.3, -0.25) is 0 Å². The number of hydrogen-bond acceptors (Lipinski definition) is 3. The van der Waals surface area contributed by atoms with Crippen LogP contribution in [-0.4, -0.2) is 44.2 Å². The van der Waals surface area contributed by atoms with Crippen molar-refractivity contribution in [1.29, 1.82) is 0 Å². The van der Waals surface area contributed by atoms with Gasteiger partial charge in [0.1, 0.15) is 12.3 Å². The maximum atomic E-state index is 5.41. The summed E-state index contributed by atoms with van der Waals surface area (Å²) in [5.41, 5.74) is 0. The topological polar surface area (TPSA) is 50.0 Å². The van der Waals surface area contributed by atoms with Gasteiger partial charge in [-0.25, -0.2) is 4.99 Å². The molecule has 1 aliphatic rings. The van der Waals surface area contributed by atoms with E-state index in [9.17, 15) is 0 Å². The largest absolute Gasteiger partial charge is 0.467 e. The predicted molar refractivity (Wildman–Crippen MR) is 99.7 cm³/mol. The Balaban J connectivity index is 0.00000242. The van der Waals surface area contributed by atoms with Crippen molar-refractivity contribution in [1.82, 2.24) is 10.2 Å². The summed E-state index contributed by atoms with van der Waals surface area (Å²) in [6.45, 7) is 6.40. The van der Waals surface area contributed by atoms with Crippen molar-refractivity contribution in [3.8, 4) is 0 Å². The SMILES string of the molecule is CCNC(=NCc1ccco1)N(C)CCC1CCOCC1.I. The molecule has 0 aromatic carbocycles. The van der Waals surface area contributed by atoms with Crippen LogP contribution in [0.3, 0.4) is 0 Å². The van der Waals surface area contributed by atoms with Gasteiger partial charge in [0, 0.05) is 33.4 Å². The third kappa shape index (κ3) is 6.56. The average molecular weight is 421 g/mol. The van der Waals surface area contributed by atoms with Crippen LogP contribution in [0.4, 0.5) is 0 Å². The minimum atomic E-state index is 0. The third-order valence-electron chi connectivity index (χ3n) is 3.87. The Morgan fingerprint density at radius 3 is 2.82 bits per heavy atom. The lowest BCUT2D eigenvalue weighted by Crippen LogP contribution is -2.40. The summed E-state index contributed by atoms with van der Waals surface area (Å²) in [4.78, 5) is 6.84. The first kappa shape index (κ1) is 19.3. The number of hydrogen-bond donors (Lipinski definition) is 1. The molecule has 22 heavy (non-hydrogen) atoms. The van der Waals surface area contributed by atoms with E-state index < -0.39 is 0 Å². The van der Waals surface area contributed by atoms with E-state index in [4.69, 9.17) is 9.15 Å². The Labute approximate surface area is 150 Å². The van der Waals surface area contributed by atoms with Crippen LogP contribution in [0.25, 0.3) is 0 Å². The number of ether oxygens (including phenoxy) is 1. The van der Waals surface area contributed by atoms with Crippen molar-refractivity contribution in [2.24, 2.45) is 10.9 Å². The van der Waals surface area contributed by atoms with Crippen LogP contribution >= 0.6 is 24.0 Å². The van der Waals surface area contributed by atoms with Crippen LogP contribution in [0.2, 0.25) is 0 Å². The van der Waals surface area contributed by atoms with Gasteiger partial charge in [0.05, 0.1) is 6.26 Å². The Kier molecular flexibility index (Phi) is 9.54.